The molecule has 59 heavy (non-hydrogen) atoms. The third-order valence-corrected chi connectivity index (χ3v) is 8.43. The van der Waals surface area contributed by atoms with Crippen LogP contribution in [0.25, 0.3) is 11.3 Å². The molecule has 1 aliphatic rings. The van der Waals surface area contributed by atoms with Gasteiger partial charge in [0.15, 0.2) is 11.2 Å². The van der Waals surface area contributed by atoms with Crippen LogP contribution in [0.15, 0.2) is 78.9 Å². The molecule has 0 unspecified atom stereocenters. The lowest BCUT2D eigenvalue weighted by Crippen LogP contribution is -2.42. The van der Waals surface area contributed by atoms with Crippen LogP contribution in [0.1, 0.15) is 55.2 Å². The summed E-state index contributed by atoms with van der Waals surface area (Å²) in [7, 11) is 1.60. The number of hydrogen-bond donors (Lipinski definition) is 8. The lowest BCUT2D eigenvalue weighted by Gasteiger charge is -2.18. The van der Waals surface area contributed by atoms with Crippen LogP contribution in [0.5, 0.6) is 11.5 Å². The molecule has 0 aliphatic carbocycles. The van der Waals surface area contributed by atoms with E-state index in [-0.39, 0.29) is 10.6 Å². The summed E-state index contributed by atoms with van der Waals surface area (Å²) >= 11 is 0. The minimum Gasteiger partial charge on any atom is -0.497 e. The lowest BCUT2D eigenvalue weighted by atomic mass is 9.93. The average molecular weight is 829 g/mol. The molecule has 3 aromatic rings. The molecule has 20 nitrogen and oxygen atoms in total. The van der Waals surface area contributed by atoms with Gasteiger partial charge in [-0.1, -0.05) is 42.5 Å². The maximum atomic E-state index is 12.2. The van der Waals surface area contributed by atoms with E-state index in [9.17, 15) is 38.9 Å². The summed E-state index contributed by atoms with van der Waals surface area (Å²) in [4.78, 5) is 75.3. The fourth-order valence-corrected chi connectivity index (χ4v) is 5.58. The minimum absolute atomic E-state index is 0.0588. The first-order valence-corrected chi connectivity index (χ1v) is 17.5. The van der Waals surface area contributed by atoms with Gasteiger partial charge in [-0.2, -0.15) is 0 Å². The Morgan fingerprint density at radius 1 is 0.627 bits per heavy atom. The Labute approximate surface area is 335 Å². The van der Waals surface area contributed by atoms with Gasteiger partial charge in [0.05, 0.1) is 48.9 Å². The predicted molar refractivity (Wildman–Crippen MR) is 204 cm³/mol. The summed E-state index contributed by atoms with van der Waals surface area (Å²) in [5.74, 6) is -8.58. The highest BCUT2D eigenvalue weighted by Crippen LogP contribution is 2.34. The average Bonchev–Trinajstić information content (AvgIpc) is 3.67. The molecule has 0 radical (unpaired) electrons. The first-order chi connectivity index (χ1) is 27.7. The summed E-state index contributed by atoms with van der Waals surface area (Å²) in [5, 5.41) is 79.9. The highest BCUT2D eigenvalue weighted by molar-refractivity contribution is 5.96. The van der Waals surface area contributed by atoms with Crippen LogP contribution in [0.4, 0.5) is 0 Å². The second kappa shape index (κ2) is 22.7. The molecule has 0 spiro atoms. The van der Waals surface area contributed by atoms with Crippen LogP contribution in [0.3, 0.4) is 0 Å². The Morgan fingerprint density at radius 3 is 1.36 bits per heavy atom. The maximum Gasteiger partial charge on any atom is 0.336 e. The zero-order valence-corrected chi connectivity index (χ0v) is 31.6. The van der Waals surface area contributed by atoms with Crippen molar-refractivity contribution in [1.82, 2.24) is 4.90 Å². The number of rotatable bonds is 19. The molecule has 0 aromatic heterocycles. The monoisotopic (exact) mass is 828 g/mol. The van der Waals surface area contributed by atoms with Gasteiger partial charge in [0.1, 0.15) is 18.1 Å². The fraction of sp³-hybridized carbons (Fsp3) is 0.333. The molecule has 318 valence electrons. The highest BCUT2D eigenvalue weighted by atomic mass is 16.6. The zero-order chi connectivity index (χ0) is 44.3. The van der Waals surface area contributed by atoms with Crippen LogP contribution >= 0.6 is 0 Å². The molecule has 0 amide bonds. The normalized spacial score (nSPS) is 12.9. The standard InChI is InChI=1S/C27H28N2O4.2C6H8O7/c1-32-24-13-9-21(10-14-24)26(27(29(30)31)23-7-3-2-4-8-23)22-11-15-25(16-12-22)33-20-19-28-17-5-6-18-28;2*7-3(8)1-6(13,5(11)12)2-4(9)10/h2-4,7-16H,5-6,17-20H2,1H3;2*13H,1-2H2,(H,7,8)(H,9,10)(H,11,12). The summed E-state index contributed by atoms with van der Waals surface area (Å²) < 4.78 is 11.2. The van der Waals surface area contributed by atoms with Crippen molar-refractivity contribution in [3.63, 3.8) is 0 Å². The summed E-state index contributed by atoms with van der Waals surface area (Å²) in [6.45, 7) is 3.83. The predicted octanol–water partition coefficient (Wildman–Crippen LogP) is 2.87. The number of carboxylic acid groups (broad SMARTS) is 6. The smallest absolute Gasteiger partial charge is 0.336 e. The molecule has 0 bridgehead atoms. The first kappa shape index (κ1) is 48.2. The van der Waals surface area contributed by atoms with E-state index in [1.165, 1.54) is 12.8 Å². The largest absolute Gasteiger partial charge is 0.497 e. The van der Waals surface area contributed by atoms with E-state index in [2.05, 4.69) is 4.90 Å². The van der Waals surface area contributed by atoms with E-state index in [0.717, 1.165) is 36.5 Å². The zero-order valence-electron chi connectivity index (χ0n) is 31.6. The first-order valence-electron chi connectivity index (χ1n) is 17.5. The van der Waals surface area contributed by atoms with Crippen molar-refractivity contribution in [2.24, 2.45) is 0 Å². The molecule has 8 N–H and O–H groups in total. The number of aliphatic hydroxyl groups is 2. The molecule has 1 heterocycles. The number of nitro groups is 1. The molecule has 4 rings (SSSR count). The Kier molecular flexibility index (Phi) is 18.6. The van der Waals surface area contributed by atoms with Gasteiger partial charge in [-0.15, -0.1) is 0 Å². The number of aliphatic carboxylic acids is 6. The van der Waals surface area contributed by atoms with E-state index in [0.29, 0.717) is 23.5 Å². The van der Waals surface area contributed by atoms with Crippen molar-refractivity contribution in [2.45, 2.75) is 49.7 Å². The highest BCUT2D eigenvalue weighted by Gasteiger charge is 2.41. The van der Waals surface area contributed by atoms with E-state index in [1.807, 2.05) is 66.7 Å². The molecule has 20 heteroatoms. The second-order valence-electron chi connectivity index (χ2n) is 13.0. The number of carboxylic acids is 6. The van der Waals surface area contributed by atoms with Gasteiger partial charge in [0.2, 0.25) is 0 Å². The van der Waals surface area contributed by atoms with Gasteiger partial charge in [0.25, 0.3) is 5.70 Å². The van der Waals surface area contributed by atoms with E-state index in [1.54, 1.807) is 19.2 Å². The van der Waals surface area contributed by atoms with Crippen molar-refractivity contribution in [3.8, 4) is 11.5 Å². The third-order valence-electron chi connectivity index (χ3n) is 8.43. The Morgan fingerprint density at radius 2 is 1.02 bits per heavy atom. The van der Waals surface area contributed by atoms with Crippen molar-refractivity contribution in [2.75, 3.05) is 33.4 Å². The number of carbonyl (C=O) groups is 6. The number of likely N-dealkylation sites (tertiary alicyclic amines) is 1. The molecular weight excluding hydrogens is 784 g/mol. The summed E-state index contributed by atoms with van der Waals surface area (Å²) in [5.41, 5.74) is -2.81. The van der Waals surface area contributed by atoms with Crippen LogP contribution in [0, 0.1) is 10.1 Å². The van der Waals surface area contributed by atoms with Gasteiger partial charge in [-0.3, -0.25) is 34.2 Å². The lowest BCUT2D eigenvalue weighted by molar-refractivity contribution is -0.374. The molecule has 1 fully saturated rings. The van der Waals surface area contributed by atoms with Gasteiger partial charge in [-0.05, 0) is 73.5 Å². The molecule has 1 aliphatic heterocycles. The number of nitrogens with zero attached hydrogens (tertiary/aromatic N) is 2. The molecule has 1 saturated heterocycles. The Hall–Kier alpha value is -6.90. The topological polar surface area (TPSA) is 329 Å². The molecule has 3 aromatic carbocycles. The summed E-state index contributed by atoms with van der Waals surface area (Å²) in [6.07, 6.45) is -2.06. The Bertz CT molecular complexity index is 1870. The van der Waals surface area contributed by atoms with E-state index >= 15 is 0 Å². The molecule has 0 saturated carbocycles. The summed E-state index contributed by atoms with van der Waals surface area (Å²) in [6, 6.07) is 23.8. The fourth-order valence-electron chi connectivity index (χ4n) is 5.58. The van der Waals surface area contributed by atoms with Crippen LogP contribution in [0.2, 0.25) is 0 Å². The SMILES string of the molecule is COc1ccc(C(=C(c2ccccc2)[N+](=O)[O-])c2ccc(OCCN3CCCC3)cc2)cc1.O=C(O)CC(O)(CC(=O)O)C(=O)O.O=C(O)CC(O)(CC(=O)O)C(=O)O. The van der Waals surface area contributed by atoms with E-state index in [4.69, 9.17) is 50.3 Å². The van der Waals surface area contributed by atoms with Gasteiger partial charge in [-0.25, -0.2) is 9.59 Å². The third kappa shape index (κ3) is 15.9. The number of methoxy groups -OCH3 is 1. The number of hydrogen-bond acceptors (Lipinski definition) is 13. The van der Waals surface area contributed by atoms with Crippen molar-refractivity contribution in [3.05, 3.63) is 106 Å². The van der Waals surface area contributed by atoms with Crippen LogP contribution in [-0.2, 0) is 28.8 Å². The van der Waals surface area contributed by atoms with Crippen LogP contribution < -0.4 is 9.47 Å². The maximum absolute atomic E-state index is 12.2. The molecule has 0 atom stereocenters. The minimum atomic E-state index is -2.74. The quantitative estimate of drug-likeness (QED) is 0.0489. The van der Waals surface area contributed by atoms with Crippen molar-refractivity contribution in [1.29, 1.82) is 0 Å². The van der Waals surface area contributed by atoms with Gasteiger partial charge in [0, 0.05) is 6.54 Å². The molecular formula is C39H44N2O18. The number of benzene rings is 3. The van der Waals surface area contributed by atoms with E-state index < -0.39 is 72.7 Å². The van der Waals surface area contributed by atoms with Crippen LogP contribution in [-0.4, -0.2) is 131 Å². The second-order valence-corrected chi connectivity index (χ2v) is 13.0. The van der Waals surface area contributed by atoms with Crippen molar-refractivity contribution < 1.29 is 84.0 Å². The van der Waals surface area contributed by atoms with Gasteiger partial charge >= 0.3 is 35.8 Å². The number of ether oxygens (including phenoxy) is 2. The van der Waals surface area contributed by atoms with Crippen molar-refractivity contribution >= 4 is 47.1 Å². The Balaban J connectivity index is 0.000000381. The van der Waals surface area contributed by atoms with Gasteiger partial charge < -0.3 is 50.3 Å².